The normalized spacial score (nSPS) is 10.5. The zero-order valence-corrected chi connectivity index (χ0v) is 9.26. The second-order valence-corrected chi connectivity index (χ2v) is 4.11. The van der Waals surface area contributed by atoms with Crippen molar-refractivity contribution in [2.75, 3.05) is 0 Å². The number of benzene rings is 1. The van der Waals surface area contributed by atoms with Crippen LogP contribution in [-0.4, -0.2) is 4.98 Å². The van der Waals surface area contributed by atoms with Gasteiger partial charge in [-0.25, -0.2) is 4.98 Å². The van der Waals surface area contributed by atoms with Gasteiger partial charge in [0.25, 0.3) is 0 Å². The van der Waals surface area contributed by atoms with Gasteiger partial charge in [-0.05, 0) is 40.2 Å². The van der Waals surface area contributed by atoms with E-state index in [2.05, 4.69) is 36.8 Å². The monoisotopic (exact) mass is 285 g/mol. The van der Waals surface area contributed by atoms with Crippen LogP contribution in [0.5, 0.6) is 0 Å². The molecule has 12 heavy (non-hydrogen) atoms. The standard InChI is InChI=1S/C9H5Br2N/c10-7-2-1-3-8-6(7)4-5-9(11)12-8/h1-5H. The second-order valence-electron chi connectivity index (χ2n) is 2.44. The third-order valence-electron chi connectivity index (χ3n) is 1.64. The molecule has 0 unspecified atom stereocenters. The molecule has 1 nitrogen and oxygen atoms in total. The summed E-state index contributed by atoms with van der Waals surface area (Å²) >= 11 is 6.80. The Balaban J connectivity index is 2.86. The summed E-state index contributed by atoms with van der Waals surface area (Å²) in [5.74, 6) is 0. The molecule has 0 saturated carbocycles. The van der Waals surface area contributed by atoms with E-state index in [1.54, 1.807) is 0 Å². The van der Waals surface area contributed by atoms with Crippen LogP contribution in [0.25, 0.3) is 10.9 Å². The van der Waals surface area contributed by atoms with Crippen LogP contribution in [0.2, 0.25) is 0 Å². The van der Waals surface area contributed by atoms with E-state index < -0.39 is 0 Å². The molecular weight excluding hydrogens is 282 g/mol. The maximum absolute atomic E-state index is 4.32. The summed E-state index contributed by atoms with van der Waals surface area (Å²) in [7, 11) is 0. The molecule has 0 atom stereocenters. The van der Waals surface area contributed by atoms with E-state index in [9.17, 15) is 0 Å². The number of fused-ring (bicyclic) bond motifs is 1. The highest BCUT2D eigenvalue weighted by Gasteiger charge is 1.98. The lowest BCUT2D eigenvalue weighted by Crippen LogP contribution is -1.79. The molecule has 60 valence electrons. The van der Waals surface area contributed by atoms with Gasteiger partial charge in [0.1, 0.15) is 4.60 Å². The van der Waals surface area contributed by atoms with Gasteiger partial charge in [0.05, 0.1) is 5.52 Å². The van der Waals surface area contributed by atoms with Crippen molar-refractivity contribution in [3.8, 4) is 0 Å². The first-order chi connectivity index (χ1) is 5.77. The molecule has 0 saturated heterocycles. The predicted octanol–water partition coefficient (Wildman–Crippen LogP) is 3.76. The Bertz CT molecular complexity index is 426. The summed E-state index contributed by atoms with van der Waals surface area (Å²) in [6.45, 7) is 0. The number of pyridine rings is 1. The van der Waals surface area contributed by atoms with Gasteiger partial charge in [0.2, 0.25) is 0 Å². The molecule has 0 bridgehead atoms. The molecule has 0 spiro atoms. The van der Waals surface area contributed by atoms with E-state index in [1.807, 2.05) is 30.3 Å². The van der Waals surface area contributed by atoms with Crippen molar-refractivity contribution in [1.29, 1.82) is 0 Å². The minimum atomic E-state index is 0.869. The van der Waals surface area contributed by atoms with Crippen LogP contribution < -0.4 is 0 Å². The zero-order chi connectivity index (χ0) is 8.55. The number of rotatable bonds is 0. The topological polar surface area (TPSA) is 12.9 Å². The Morgan fingerprint density at radius 1 is 1.00 bits per heavy atom. The molecule has 0 radical (unpaired) electrons. The average Bonchev–Trinajstić information content (AvgIpc) is 2.04. The van der Waals surface area contributed by atoms with Crippen molar-refractivity contribution in [2.24, 2.45) is 0 Å². The summed E-state index contributed by atoms with van der Waals surface area (Å²) in [6, 6.07) is 9.96. The fourth-order valence-electron chi connectivity index (χ4n) is 1.09. The summed E-state index contributed by atoms with van der Waals surface area (Å²) in [5, 5.41) is 1.14. The van der Waals surface area contributed by atoms with Crippen molar-refractivity contribution >= 4 is 42.8 Å². The minimum Gasteiger partial charge on any atom is -0.241 e. The van der Waals surface area contributed by atoms with E-state index >= 15 is 0 Å². The fraction of sp³-hybridized carbons (Fsp3) is 0. The van der Waals surface area contributed by atoms with Crippen molar-refractivity contribution in [1.82, 2.24) is 4.98 Å². The van der Waals surface area contributed by atoms with Gasteiger partial charge in [0.15, 0.2) is 0 Å². The Morgan fingerprint density at radius 3 is 2.67 bits per heavy atom. The largest absolute Gasteiger partial charge is 0.241 e. The lowest BCUT2D eigenvalue weighted by atomic mass is 10.2. The lowest BCUT2D eigenvalue weighted by Gasteiger charge is -1.98. The van der Waals surface area contributed by atoms with Gasteiger partial charge in [0, 0.05) is 9.86 Å². The number of hydrogen-bond acceptors (Lipinski definition) is 1. The van der Waals surface area contributed by atoms with Crippen LogP contribution in [0.1, 0.15) is 0 Å². The van der Waals surface area contributed by atoms with Crippen LogP contribution in [0.3, 0.4) is 0 Å². The van der Waals surface area contributed by atoms with Crippen molar-refractivity contribution < 1.29 is 0 Å². The van der Waals surface area contributed by atoms with E-state index in [0.29, 0.717) is 0 Å². The summed E-state index contributed by atoms with van der Waals surface area (Å²) < 4.78 is 1.95. The second kappa shape index (κ2) is 3.15. The van der Waals surface area contributed by atoms with Gasteiger partial charge >= 0.3 is 0 Å². The molecule has 0 fully saturated rings. The summed E-state index contributed by atoms with van der Waals surface area (Å²) in [5.41, 5.74) is 0.999. The van der Waals surface area contributed by atoms with Gasteiger partial charge in [-0.3, -0.25) is 0 Å². The highest BCUT2D eigenvalue weighted by molar-refractivity contribution is 9.11. The first kappa shape index (κ1) is 8.20. The average molecular weight is 287 g/mol. The Kier molecular flexibility index (Phi) is 2.15. The highest BCUT2D eigenvalue weighted by atomic mass is 79.9. The maximum atomic E-state index is 4.32. The van der Waals surface area contributed by atoms with Crippen molar-refractivity contribution in [3.63, 3.8) is 0 Å². The molecule has 2 aromatic rings. The van der Waals surface area contributed by atoms with Gasteiger partial charge in [-0.2, -0.15) is 0 Å². The summed E-state index contributed by atoms with van der Waals surface area (Å²) in [6.07, 6.45) is 0. The smallest absolute Gasteiger partial charge is 0.106 e. The van der Waals surface area contributed by atoms with Crippen LogP contribution in [0.4, 0.5) is 0 Å². The molecule has 3 heteroatoms. The molecule has 1 aromatic heterocycles. The maximum Gasteiger partial charge on any atom is 0.106 e. The molecular formula is C9H5Br2N. The van der Waals surface area contributed by atoms with Gasteiger partial charge < -0.3 is 0 Å². The predicted molar refractivity (Wildman–Crippen MR) is 57.1 cm³/mol. The molecule has 0 aliphatic heterocycles. The van der Waals surface area contributed by atoms with E-state index in [4.69, 9.17) is 0 Å². The van der Waals surface area contributed by atoms with Crippen LogP contribution in [-0.2, 0) is 0 Å². The highest BCUT2D eigenvalue weighted by Crippen LogP contribution is 2.23. The SMILES string of the molecule is Brc1ccc2c(Br)cccc2n1. The number of aromatic nitrogens is 1. The zero-order valence-electron chi connectivity index (χ0n) is 6.09. The number of hydrogen-bond donors (Lipinski definition) is 0. The summed E-state index contributed by atoms with van der Waals surface area (Å²) in [4.78, 5) is 4.32. The lowest BCUT2D eigenvalue weighted by molar-refractivity contribution is 1.35. The molecule has 0 aliphatic rings. The van der Waals surface area contributed by atoms with Crippen LogP contribution >= 0.6 is 31.9 Å². The third kappa shape index (κ3) is 1.39. The molecule has 1 aromatic carbocycles. The quantitative estimate of drug-likeness (QED) is 0.672. The Morgan fingerprint density at radius 2 is 1.83 bits per heavy atom. The van der Waals surface area contributed by atoms with E-state index in [-0.39, 0.29) is 0 Å². The molecule has 0 amide bonds. The van der Waals surface area contributed by atoms with Crippen molar-refractivity contribution in [3.05, 3.63) is 39.4 Å². The molecule has 0 N–H and O–H groups in total. The fourth-order valence-corrected chi connectivity index (χ4v) is 1.90. The Labute approximate surface area is 87.1 Å². The minimum absolute atomic E-state index is 0.869. The number of halogens is 2. The Hall–Kier alpha value is -0.410. The first-order valence-corrected chi connectivity index (χ1v) is 5.07. The first-order valence-electron chi connectivity index (χ1n) is 3.48. The van der Waals surface area contributed by atoms with Gasteiger partial charge in [-0.15, -0.1) is 0 Å². The third-order valence-corrected chi connectivity index (χ3v) is 2.78. The van der Waals surface area contributed by atoms with Crippen LogP contribution in [0, 0.1) is 0 Å². The van der Waals surface area contributed by atoms with Gasteiger partial charge in [-0.1, -0.05) is 22.0 Å². The van der Waals surface area contributed by atoms with E-state index in [1.165, 1.54) is 0 Å². The number of nitrogens with zero attached hydrogens (tertiary/aromatic N) is 1. The van der Waals surface area contributed by atoms with Crippen LogP contribution in [0.15, 0.2) is 39.4 Å². The molecule has 1 heterocycles. The van der Waals surface area contributed by atoms with E-state index in [0.717, 1.165) is 20.0 Å². The molecule has 2 rings (SSSR count). The molecule has 0 aliphatic carbocycles. The van der Waals surface area contributed by atoms with Crippen molar-refractivity contribution in [2.45, 2.75) is 0 Å².